The number of benzene rings is 1. The maximum atomic E-state index is 6.21. The number of fused-ring (bicyclic) bond motifs is 2. The average Bonchev–Trinajstić information content (AvgIpc) is 3.02. The fraction of sp³-hybridized carbons (Fsp3) is 0.444. The molecule has 110 valence electrons. The Bertz CT molecular complexity index is 674. The molecule has 2 atom stereocenters. The highest BCUT2D eigenvalue weighted by Gasteiger charge is 2.24. The maximum absolute atomic E-state index is 6.21. The fourth-order valence-electron chi connectivity index (χ4n) is 3.68. The molecule has 1 aliphatic carbocycles. The van der Waals surface area contributed by atoms with Crippen molar-refractivity contribution in [3.05, 3.63) is 52.8 Å². The van der Waals surface area contributed by atoms with Gasteiger partial charge in [0.2, 0.25) is 0 Å². The van der Waals surface area contributed by atoms with Crippen molar-refractivity contribution in [2.45, 2.75) is 51.3 Å². The minimum atomic E-state index is 0.222. The summed E-state index contributed by atoms with van der Waals surface area (Å²) in [7, 11) is 0. The Morgan fingerprint density at radius 3 is 3.05 bits per heavy atom. The van der Waals surface area contributed by atoms with E-state index < -0.39 is 0 Å². The number of rotatable bonds is 2. The van der Waals surface area contributed by atoms with E-state index in [-0.39, 0.29) is 12.1 Å². The number of hydrogen-bond acceptors (Lipinski definition) is 2. The Morgan fingerprint density at radius 1 is 1.29 bits per heavy atom. The molecule has 2 aromatic rings. The summed E-state index contributed by atoms with van der Waals surface area (Å²) in [5, 5.41) is 0. The van der Waals surface area contributed by atoms with Gasteiger partial charge in [-0.3, -0.25) is 0 Å². The van der Waals surface area contributed by atoms with Crippen LogP contribution in [-0.2, 0) is 19.4 Å². The summed E-state index contributed by atoms with van der Waals surface area (Å²) in [5.41, 5.74) is 11.6. The van der Waals surface area contributed by atoms with Crippen molar-refractivity contribution in [3.8, 4) is 5.75 Å². The lowest BCUT2D eigenvalue weighted by Gasteiger charge is -2.17. The molecule has 21 heavy (non-hydrogen) atoms. The summed E-state index contributed by atoms with van der Waals surface area (Å²) in [6, 6.07) is 6.68. The lowest BCUT2D eigenvalue weighted by Crippen LogP contribution is -2.20. The fourth-order valence-corrected chi connectivity index (χ4v) is 3.68. The van der Waals surface area contributed by atoms with Crippen molar-refractivity contribution < 1.29 is 4.74 Å². The highest BCUT2D eigenvalue weighted by Crippen LogP contribution is 2.32. The Morgan fingerprint density at radius 2 is 2.19 bits per heavy atom. The summed E-state index contributed by atoms with van der Waals surface area (Å²) in [6.07, 6.45) is 9.24. The molecule has 0 bridgehead atoms. The van der Waals surface area contributed by atoms with E-state index >= 15 is 0 Å². The molecule has 0 spiro atoms. The summed E-state index contributed by atoms with van der Waals surface area (Å²) in [5.74, 6) is 1.05. The summed E-state index contributed by atoms with van der Waals surface area (Å²) in [6.45, 7) is 3.04. The van der Waals surface area contributed by atoms with Gasteiger partial charge in [0.05, 0.1) is 6.54 Å². The first-order valence-electron chi connectivity index (χ1n) is 7.89. The van der Waals surface area contributed by atoms with Crippen LogP contribution in [0.1, 0.15) is 41.1 Å². The van der Waals surface area contributed by atoms with Gasteiger partial charge in [-0.2, -0.15) is 0 Å². The number of ether oxygens (including phenoxy) is 1. The van der Waals surface area contributed by atoms with Gasteiger partial charge in [-0.1, -0.05) is 17.7 Å². The van der Waals surface area contributed by atoms with Gasteiger partial charge in [0.1, 0.15) is 11.9 Å². The van der Waals surface area contributed by atoms with Gasteiger partial charge in [-0.15, -0.1) is 0 Å². The minimum absolute atomic E-state index is 0.222. The van der Waals surface area contributed by atoms with E-state index in [1.165, 1.54) is 35.1 Å². The molecule has 2 unspecified atom stereocenters. The van der Waals surface area contributed by atoms with E-state index in [9.17, 15) is 0 Å². The van der Waals surface area contributed by atoms with Crippen LogP contribution in [0.4, 0.5) is 0 Å². The van der Waals surface area contributed by atoms with E-state index in [2.05, 4.69) is 42.1 Å². The maximum Gasteiger partial charge on any atom is 0.123 e. The van der Waals surface area contributed by atoms with Crippen LogP contribution in [0.3, 0.4) is 0 Å². The van der Waals surface area contributed by atoms with Gasteiger partial charge in [0.25, 0.3) is 0 Å². The molecule has 2 N–H and O–H groups in total. The largest absolute Gasteiger partial charge is 0.488 e. The molecular formula is C18H22N2O. The van der Waals surface area contributed by atoms with Crippen molar-refractivity contribution in [1.29, 1.82) is 0 Å². The van der Waals surface area contributed by atoms with Gasteiger partial charge in [-0.25, -0.2) is 0 Å². The molecule has 1 aliphatic heterocycles. The smallest absolute Gasteiger partial charge is 0.123 e. The minimum Gasteiger partial charge on any atom is -0.488 e. The summed E-state index contributed by atoms with van der Waals surface area (Å²) >= 11 is 0. The average molecular weight is 282 g/mol. The van der Waals surface area contributed by atoms with Crippen LogP contribution in [0.2, 0.25) is 0 Å². The van der Waals surface area contributed by atoms with Crippen molar-refractivity contribution in [2.75, 3.05) is 0 Å². The highest BCUT2D eigenvalue weighted by atomic mass is 16.5. The molecule has 0 amide bonds. The van der Waals surface area contributed by atoms with E-state index in [4.69, 9.17) is 10.5 Å². The normalized spacial score (nSPS) is 23.5. The molecule has 1 aromatic carbocycles. The van der Waals surface area contributed by atoms with Crippen molar-refractivity contribution in [1.82, 2.24) is 4.57 Å². The lowest BCUT2D eigenvalue weighted by atomic mass is 9.92. The van der Waals surface area contributed by atoms with Gasteiger partial charge < -0.3 is 15.0 Å². The standard InChI is InChI=1S/C18H22N2O/c1-12-5-6-18-14(7-12)8-15(21-18)10-20-9-13-3-2-4-17(19)16(13)11-20/h5-7,9,11,15,17H,2-4,8,10,19H2,1H3. The summed E-state index contributed by atoms with van der Waals surface area (Å²) in [4.78, 5) is 0. The topological polar surface area (TPSA) is 40.2 Å². The second-order valence-corrected chi connectivity index (χ2v) is 6.49. The van der Waals surface area contributed by atoms with Crippen LogP contribution < -0.4 is 10.5 Å². The monoisotopic (exact) mass is 282 g/mol. The molecule has 3 nitrogen and oxygen atoms in total. The second kappa shape index (κ2) is 4.92. The predicted molar refractivity (Wildman–Crippen MR) is 83.6 cm³/mol. The first-order valence-corrected chi connectivity index (χ1v) is 7.89. The first-order chi connectivity index (χ1) is 10.2. The van der Waals surface area contributed by atoms with Crippen molar-refractivity contribution >= 4 is 0 Å². The van der Waals surface area contributed by atoms with Crippen LogP contribution in [0.5, 0.6) is 5.75 Å². The number of nitrogens with zero attached hydrogens (tertiary/aromatic N) is 1. The molecule has 0 saturated heterocycles. The van der Waals surface area contributed by atoms with E-state index in [0.717, 1.165) is 25.1 Å². The molecule has 1 aromatic heterocycles. The number of aromatic nitrogens is 1. The number of aryl methyl sites for hydroxylation is 2. The second-order valence-electron chi connectivity index (χ2n) is 6.49. The van der Waals surface area contributed by atoms with Gasteiger partial charge in [-0.05, 0) is 48.9 Å². The van der Waals surface area contributed by atoms with Crippen molar-refractivity contribution in [3.63, 3.8) is 0 Å². The van der Waals surface area contributed by atoms with E-state index in [1.54, 1.807) is 0 Å². The zero-order chi connectivity index (χ0) is 14.4. The Balaban J connectivity index is 1.51. The number of nitrogens with two attached hydrogens (primary N) is 1. The van der Waals surface area contributed by atoms with Crippen LogP contribution in [0, 0.1) is 6.92 Å². The molecule has 2 heterocycles. The molecule has 2 aliphatic rings. The molecule has 3 heteroatoms. The van der Waals surface area contributed by atoms with Gasteiger partial charge in [0, 0.05) is 24.9 Å². The molecular weight excluding hydrogens is 260 g/mol. The molecule has 0 radical (unpaired) electrons. The highest BCUT2D eigenvalue weighted by molar-refractivity contribution is 5.40. The Labute approximate surface area is 125 Å². The SMILES string of the molecule is Cc1ccc2c(c1)CC(Cn1cc3c(c1)C(N)CCC3)O2. The van der Waals surface area contributed by atoms with Crippen molar-refractivity contribution in [2.24, 2.45) is 5.73 Å². The van der Waals surface area contributed by atoms with Crippen LogP contribution in [0.15, 0.2) is 30.6 Å². The van der Waals surface area contributed by atoms with Gasteiger partial charge >= 0.3 is 0 Å². The van der Waals surface area contributed by atoms with Crippen LogP contribution >= 0.6 is 0 Å². The third-order valence-corrected chi connectivity index (χ3v) is 4.73. The molecule has 4 rings (SSSR count). The van der Waals surface area contributed by atoms with Crippen LogP contribution in [0.25, 0.3) is 0 Å². The number of hydrogen-bond donors (Lipinski definition) is 1. The zero-order valence-electron chi connectivity index (χ0n) is 12.5. The van der Waals surface area contributed by atoms with Gasteiger partial charge in [0.15, 0.2) is 0 Å². The van der Waals surface area contributed by atoms with E-state index in [0.29, 0.717) is 0 Å². The molecule has 0 fully saturated rings. The first kappa shape index (κ1) is 13.0. The third kappa shape index (κ3) is 2.36. The summed E-state index contributed by atoms with van der Waals surface area (Å²) < 4.78 is 8.35. The quantitative estimate of drug-likeness (QED) is 0.919. The Hall–Kier alpha value is -1.74. The Kier molecular flexibility index (Phi) is 3.03. The van der Waals surface area contributed by atoms with E-state index in [1.807, 2.05) is 0 Å². The predicted octanol–water partition coefficient (Wildman–Crippen LogP) is 3.14. The lowest BCUT2D eigenvalue weighted by molar-refractivity contribution is 0.209. The third-order valence-electron chi connectivity index (χ3n) is 4.73. The zero-order valence-corrected chi connectivity index (χ0v) is 12.5. The molecule has 0 saturated carbocycles. The van der Waals surface area contributed by atoms with Crippen LogP contribution in [-0.4, -0.2) is 10.7 Å².